The zero-order valence-electron chi connectivity index (χ0n) is 13.5. The maximum atomic E-state index is 12.4. The summed E-state index contributed by atoms with van der Waals surface area (Å²) in [6.07, 6.45) is -2.06. The summed E-state index contributed by atoms with van der Waals surface area (Å²) in [5.74, 6) is -0.192. The minimum Gasteiger partial charge on any atom is -0.394 e. The number of hydrogen-bond donors (Lipinski definition) is 5. The van der Waals surface area contributed by atoms with Gasteiger partial charge in [0, 0.05) is 6.54 Å². The Labute approximate surface area is 145 Å². The lowest BCUT2D eigenvalue weighted by molar-refractivity contribution is -0.0530. The van der Waals surface area contributed by atoms with Crippen LogP contribution in [0.5, 0.6) is 0 Å². The molecule has 0 radical (unpaired) electrons. The first-order chi connectivity index (χ1) is 12.4. The van der Waals surface area contributed by atoms with Crippen molar-refractivity contribution < 1.29 is 20.1 Å². The van der Waals surface area contributed by atoms with Gasteiger partial charge in [0.25, 0.3) is 5.56 Å². The van der Waals surface area contributed by atoms with E-state index in [1.807, 2.05) is 0 Å². The molecule has 3 heterocycles. The van der Waals surface area contributed by atoms with Gasteiger partial charge in [-0.1, -0.05) is 6.08 Å². The average molecular weight is 363 g/mol. The molecular weight excluding hydrogens is 346 g/mol. The summed E-state index contributed by atoms with van der Waals surface area (Å²) in [5, 5.41) is 38.7. The molecule has 3 rings (SSSR count). The quantitative estimate of drug-likeness (QED) is 0.286. The molecule has 2 aromatic heterocycles. The highest BCUT2D eigenvalue weighted by Gasteiger charge is 2.45. The number of rotatable bonds is 4. The first kappa shape index (κ1) is 17.8. The Morgan fingerprint density at radius 2 is 2.23 bits per heavy atom. The lowest BCUT2D eigenvalue weighted by atomic mass is 10.1. The maximum Gasteiger partial charge on any atom is 0.278 e. The molecule has 0 bridgehead atoms. The van der Waals surface area contributed by atoms with Crippen molar-refractivity contribution in [3.8, 4) is 6.19 Å². The molecule has 0 saturated carbocycles. The number of allylic oxidation sites excluding steroid dienone is 1. The van der Waals surface area contributed by atoms with Crippen LogP contribution in [0.3, 0.4) is 0 Å². The summed E-state index contributed by atoms with van der Waals surface area (Å²) >= 11 is 0. The Morgan fingerprint density at radius 1 is 1.50 bits per heavy atom. The lowest BCUT2D eigenvalue weighted by Crippen LogP contribution is -2.36. The fourth-order valence-electron chi connectivity index (χ4n) is 3.00. The topological polar surface area (TPSA) is 188 Å². The number of imidazole rings is 1. The highest BCUT2D eigenvalue weighted by atomic mass is 16.6. The van der Waals surface area contributed by atoms with Crippen LogP contribution in [0.4, 0.5) is 5.95 Å². The largest absolute Gasteiger partial charge is 0.394 e. The Hall–Kier alpha value is -2.98. The van der Waals surface area contributed by atoms with Crippen LogP contribution < -0.4 is 16.9 Å². The molecule has 26 heavy (non-hydrogen) atoms. The van der Waals surface area contributed by atoms with Crippen LogP contribution in [-0.4, -0.2) is 59.3 Å². The van der Waals surface area contributed by atoms with E-state index in [2.05, 4.69) is 21.5 Å². The van der Waals surface area contributed by atoms with Gasteiger partial charge in [-0.25, -0.2) is 0 Å². The number of nitrogens with zero attached hydrogens (tertiary/aromatic N) is 5. The molecule has 138 valence electrons. The van der Waals surface area contributed by atoms with E-state index in [9.17, 15) is 20.1 Å². The molecule has 12 nitrogen and oxygen atoms in total. The van der Waals surface area contributed by atoms with Gasteiger partial charge in [-0.15, -0.1) is 11.6 Å². The van der Waals surface area contributed by atoms with Gasteiger partial charge in [0.15, 0.2) is 17.4 Å². The summed E-state index contributed by atoms with van der Waals surface area (Å²) in [6.45, 7) is 3.17. The SMILES string of the molecule is C=CCn1/c(=N\C#N)n([C@@H]2O[C@H](CO)[C@@H](O)[C@H]2O)c2nc(N)[nH]c(=O)c21. The number of H-pyrrole nitrogens is 1. The summed E-state index contributed by atoms with van der Waals surface area (Å²) in [7, 11) is 0. The van der Waals surface area contributed by atoms with Crippen molar-refractivity contribution in [1.82, 2.24) is 19.1 Å². The van der Waals surface area contributed by atoms with Gasteiger partial charge in [0.2, 0.25) is 17.8 Å². The van der Waals surface area contributed by atoms with Gasteiger partial charge in [-0.05, 0) is 0 Å². The molecule has 1 aliphatic heterocycles. The molecule has 0 unspecified atom stereocenters. The van der Waals surface area contributed by atoms with Gasteiger partial charge >= 0.3 is 0 Å². The highest BCUT2D eigenvalue weighted by Crippen LogP contribution is 2.30. The van der Waals surface area contributed by atoms with E-state index in [1.165, 1.54) is 15.2 Å². The summed E-state index contributed by atoms with van der Waals surface area (Å²) in [6, 6.07) is 0. The van der Waals surface area contributed by atoms with Crippen molar-refractivity contribution in [3.63, 3.8) is 0 Å². The molecule has 1 fully saturated rings. The summed E-state index contributed by atoms with van der Waals surface area (Å²) < 4.78 is 8.04. The van der Waals surface area contributed by atoms with E-state index in [0.717, 1.165) is 0 Å². The molecule has 1 aliphatic rings. The van der Waals surface area contributed by atoms with Crippen LogP contribution in [-0.2, 0) is 11.3 Å². The molecule has 6 N–H and O–H groups in total. The smallest absolute Gasteiger partial charge is 0.278 e. The average Bonchev–Trinajstić information content (AvgIpc) is 3.04. The Bertz CT molecular complexity index is 1010. The number of nitrogen functional groups attached to an aromatic ring is 1. The van der Waals surface area contributed by atoms with Crippen molar-refractivity contribution in [2.24, 2.45) is 4.99 Å². The maximum absolute atomic E-state index is 12.4. The number of anilines is 1. The van der Waals surface area contributed by atoms with E-state index in [1.54, 1.807) is 6.19 Å². The second-order valence-electron chi connectivity index (χ2n) is 5.63. The van der Waals surface area contributed by atoms with Crippen LogP contribution in [0.25, 0.3) is 11.2 Å². The molecular formula is C14H17N7O5. The Kier molecular flexibility index (Phi) is 4.62. The summed E-state index contributed by atoms with van der Waals surface area (Å²) in [5.41, 5.74) is 5.00. The lowest BCUT2D eigenvalue weighted by Gasteiger charge is -2.16. The van der Waals surface area contributed by atoms with Gasteiger partial charge < -0.3 is 25.8 Å². The molecule has 0 spiro atoms. The third-order valence-electron chi connectivity index (χ3n) is 4.08. The van der Waals surface area contributed by atoms with E-state index in [0.29, 0.717) is 0 Å². The highest BCUT2D eigenvalue weighted by molar-refractivity contribution is 5.71. The Balaban J connectivity index is 2.40. The first-order valence-corrected chi connectivity index (χ1v) is 7.61. The number of nitriles is 1. The van der Waals surface area contributed by atoms with E-state index >= 15 is 0 Å². The van der Waals surface area contributed by atoms with Crippen LogP contribution >= 0.6 is 0 Å². The number of aromatic nitrogens is 4. The molecule has 2 aromatic rings. The number of aliphatic hydroxyl groups is 3. The number of aliphatic hydroxyl groups excluding tert-OH is 3. The predicted octanol–water partition coefficient (Wildman–Crippen LogP) is -2.71. The number of ether oxygens (including phenoxy) is 1. The second-order valence-corrected chi connectivity index (χ2v) is 5.63. The molecule has 4 atom stereocenters. The van der Waals surface area contributed by atoms with Crippen molar-refractivity contribution in [1.29, 1.82) is 5.26 Å². The van der Waals surface area contributed by atoms with Crippen LogP contribution in [0.2, 0.25) is 0 Å². The van der Waals surface area contributed by atoms with E-state index in [4.69, 9.17) is 15.7 Å². The van der Waals surface area contributed by atoms with E-state index < -0.39 is 36.7 Å². The van der Waals surface area contributed by atoms with Crippen LogP contribution in [0.1, 0.15) is 6.23 Å². The summed E-state index contributed by atoms with van der Waals surface area (Å²) in [4.78, 5) is 22.5. The molecule has 0 aliphatic carbocycles. The molecule has 1 saturated heterocycles. The van der Waals surface area contributed by atoms with Crippen LogP contribution in [0, 0.1) is 11.5 Å². The first-order valence-electron chi connectivity index (χ1n) is 7.61. The van der Waals surface area contributed by atoms with E-state index in [-0.39, 0.29) is 29.3 Å². The standard InChI is InChI=1S/C14H17N7O5/c1-2-3-20-7-10(18-13(16)19-11(7)25)21(14(20)17-5-15)12-9(24)8(23)6(4-22)26-12/h2,6,8-9,12,22-24H,1,3-4H2,(H3,16,18,19,25)/b17-14+/t6-,8-,9-,12-/m1/s1. The van der Waals surface area contributed by atoms with Gasteiger partial charge in [0.1, 0.15) is 18.3 Å². The predicted molar refractivity (Wildman–Crippen MR) is 87.1 cm³/mol. The number of nitrogens with two attached hydrogens (primary N) is 1. The number of fused-ring (bicyclic) bond motifs is 1. The van der Waals surface area contributed by atoms with Gasteiger partial charge in [-0.3, -0.25) is 18.9 Å². The number of nitrogens with one attached hydrogen (secondary N) is 1. The second kappa shape index (κ2) is 6.73. The Morgan fingerprint density at radius 3 is 2.81 bits per heavy atom. The zero-order chi connectivity index (χ0) is 19.0. The van der Waals surface area contributed by atoms with Gasteiger partial charge in [-0.2, -0.15) is 10.2 Å². The van der Waals surface area contributed by atoms with Crippen LogP contribution in [0.15, 0.2) is 22.4 Å². The van der Waals surface area contributed by atoms with Crippen molar-refractivity contribution >= 4 is 17.1 Å². The number of aromatic amines is 1. The monoisotopic (exact) mass is 363 g/mol. The normalized spacial score (nSPS) is 26.3. The minimum absolute atomic E-state index is 0.00283. The van der Waals surface area contributed by atoms with Crippen molar-refractivity contribution in [3.05, 3.63) is 28.6 Å². The van der Waals surface area contributed by atoms with Gasteiger partial charge in [0.05, 0.1) is 6.61 Å². The van der Waals surface area contributed by atoms with Crippen molar-refractivity contribution in [2.45, 2.75) is 31.1 Å². The molecule has 0 amide bonds. The third-order valence-corrected chi connectivity index (χ3v) is 4.08. The number of hydrogen-bond acceptors (Lipinski definition) is 9. The fourth-order valence-corrected chi connectivity index (χ4v) is 3.00. The van der Waals surface area contributed by atoms with Crippen molar-refractivity contribution in [2.75, 3.05) is 12.3 Å². The zero-order valence-corrected chi connectivity index (χ0v) is 13.5. The fraction of sp³-hybridized carbons (Fsp3) is 0.429. The molecule has 0 aromatic carbocycles. The molecule has 12 heteroatoms. The minimum atomic E-state index is -1.46. The third kappa shape index (κ3) is 2.59.